The van der Waals surface area contributed by atoms with Crippen molar-refractivity contribution >= 4 is 69.9 Å². The first-order valence-corrected chi connectivity index (χ1v) is 24.2. The summed E-state index contributed by atoms with van der Waals surface area (Å²) in [5.41, 5.74) is 11.0. The SMILES string of the molecule is CCn1cc(C(=O)O)c(=O)c2cc(F)c(N3CCN(C(=O)OCc4ccc(CC(=O)[C@H](CN=C(N)N)NC(=O)[C@@H](CC(=O)[C@H](CCC(=O)OC(C)(C)C)NC(=O)CCCC(=O)N(C)C)C(C)C)cc4)CC3)cc21. The van der Waals surface area contributed by atoms with Crippen molar-refractivity contribution in [3.8, 4) is 0 Å². The number of benzene rings is 2. The van der Waals surface area contributed by atoms with Crippen molar-refractivity contribution in [3.63, 3.8) is 0 Å². The van der Waals surface area contributed by atoms with E-state index in [-0.39, 0.29) is 107 Å². The molecule has 2 heterocycles. The molecule has 1 saturated heterocycles. The number of nitrogens with zero attached hydrogens (tertiary/aromatic N) is 5. The number of fused-ring (bicyclic) bond motifs is 1. The Morgan fingerprint density at radius 2 is 1.53 bits per heavy atom. The van der Waals surface area contributed by atoms with Gasteiger partial charge in [-0.2, -0.15) is 0 Å². The third kappa shape index (κ3) is 17.4. The van der Waals surface area contributed by atoms with Gasteiger partial charge in [-0.15, -0.1) is 0 Å². The van der Waals surface area contributed by atoms with Crippen molar-refractivity contribution in [2.24, 2.45) is 28.3 Å². The first-order chi connectivity index (χ1) is 34.3. The maximum Gasteiger partial charge on any atom is 0.410 e. The normalized spacial score (nSPS) is 13.9. The molecule has 73 heavy (non-hydrogen) atoms. The number of halogens is 1. The smallest absolute Gasteiger partial charge is 0.410 e. The number of hydrogen-bond acceptors (Lipinski definition) is 13. The Balaban J connectivity index is 1.36. The Labute approximate surface area is 423 Å². The number of nitrogens with one attached hydrogen (secondary N) is 2. The highest BCUT2D eigenvalue weighted by atomic mass is 19.1. The molecule has 1 aromatic heterocycles. The van der Waals surface area contributed by atoms with Gasteiger partial charge in [0.05, 0.1) is 23.8 Å². The number of ether oxygens (including phenoxy) is 2. The highest BCUT2D eigenvalue weighted by molar-refractivity contribution is 5.96. The minimum Gasteiger partial charge on any atom is -0.477 e. The van der Waals surface area contributed by atoms with Gasteiger partial charge in [0.1, 0.15) is 29.6 Å². The van der Waals surface area contributed by atoms with Gasteiger partial charge in [-0.25, -0.2) is 14.0 Å². The molecule has 0 spiro atoms. The molecule has 4 rings (SSSR count). The van der Waals surface area contributed by atoms with Gasteiger partial charge in [0, 0.05) is 96.4 Å². The van der Waals surface area contributed by atoms with Crippen LogP contribution in [-0.4, -0.2) is 137 Å². The molecule has 0 unspecified atom stereocenters. The minimum absolute atomic E-state index is 0.0433. The van der Waals surface area contributed by atoms with Crippen LogP contribution in [0.15, 0.2) is 52.4 Å². The summed E-state index contributed by atoms with van der Waals surface area (Å²) >= 11 is 0. The minimum atomic E-state index is -1.40. The number of Topliss-reactive ketones (excluding diaryl/α,β-unsaturated/α-hetero) is 2. The van der Waals surface area contributed by atoms with Crippen molar-refractivity contribution in [3.05, 3.63) is 75.3 Å². The molecule has 2 aromatic carbocycles. The lowest BCUT2D eigenvalue weighted by atomic mass is 9.86. The topological polar surface area (TPSA) is 295 Å². The van der Waals surface area contributed by atoms with Crippen LogP contribution in [-0.2, 0) is 57.8 Å². The average Bonchev–Trinajstić information content (AvgIpc) is 3.32. The summed E-state index contributed by atoms with van der Waals surface area (Å²) in [6, 6.07) is 6.90. The van der Waals surface area contributed by atoms with Crippen molar-refractivity contribution in [1.82, 2.24) is 25.0 Å². The number of pyridine rings is 1. The van der Waals surface area contributed by atoms with Gasteiger partial charge < -0.3 is 55.9 Å². The second-order valence-corrected chi connectivity index (χ2v) is 19.5. The van der Waals surface area contributed by atoms with Crippen LogP contribution in [0, 0.1) is 17.7 Å². The number of guanidine groups is 1. The number of ketones is 2. The predicted molar refractivity (Wildman–Crippen MR) is 270 cm³/mol. The third-order valence-corrected chi connectivity index (χ3v) is 12.2. The van der Waals surface area contributed by atoms with E-state index in [4.69, 9.17) is 20.9 Å². The second-order valence-electron chi connectivity index (χ2n) is 19.5. The number of carbonyl (C=O) groups is 8. The summed E-state index contributed by atoms with van der Waals surface area (Å²) in [5, 5.41) is 14.8. The van der Waals surface area contributed by atoms with Crippen LogP contribution in [0.25, 0.3) is 10.9 Å². The first kappa shape index (κ1) is 58.2. The molecule has 0 aliphatic carbocycles. The molecule has 7 N–H and O–H groups in total. The quantitative estimate of drug-likeness (QED) is 0.0489. The van der Waals surface area contributed by atoms with E-state index in [0.29, 0.717) is 23.2 Å². The Morgan fingerprint density at radius 1 is 0.890 bits per heavy atom. The van der Waals surface area contributed by atoms with E-state index in [2.05, 4.69) is 15.6 Å². The molecule has 1 fully saturated rings. The number of aromatic nitrogens is 1. The van der Waals surface area contributed by atoms with Crippen molar-refractivity contribution in [1.29, 1.82) is 0 Å². The van der Waals surface area contributed by atoms with E-state index < -0.39 is 87.7 Å². The van der Waals surface area contributed by atoms with Crippen LogP contribution >= 0.6 is 0 Å². The van der Waals surface area contributed by atoms with E-state index in [1.807, 2.05) is 0 Å². The summed E-state index contributed by atoms with van der Waals surface area (Å²) in [6.07, 6.45) is 0.149. The van der Waals surface area contributed by atoms with Crippen molar-refractivity contribution < 1.29 is 57.3 Å². The molecule has 3 aromatic rings. The molecule has 398 valence electrons. The van der Waals surface area contributed by atoms with Crippen LogP contribution in [0.1, 0.15) is 102 Å². The van der Waals surface area contributed by atoms with E-state index in [9.17, 15) is 48.3 Å². The molecule has 1 aliphatic rings. The number of aliphatic imine (C=N–C) groups is 1. The van der Waals surface area contributed by atoms with Gasteiger partial charge in [0.15, 0.2) is 17.5 Å². The lowest BCUT2D eigenvalue weighted by molar-refractivity contribution is -0.155. The lowest BCUT2D eigenvalue weighted by Gasteiger charge is -2.35. The number of amides is 4. The highest BCUT2D eigenvalue weighted by Crippen LogP contribution is 2.27. The fraction of sp³-hybridized carbons (Fsp3) is 0.529. The molecular weight excluding hydrogens is 950 g/mol. The number of esters is 1. The number of carboxylic acid groups (broad SMARTS) is 1. The number of carbonyl (C=O) groups excluding carboxylic acids is 7. The number of aryl methyl sites for hydroxylation is 1. The summed E-state index contributed by atoms with van der Waals surface area (Å²) < 4.78 is 28.0. The monoisotopic (exact) mass is 1020 g/mol. The molecule has 0 saturated carbocycles. The zero-order valence-corrected chi connectivity index (χ0v) is 43.0. The Hall–Kier alpha value is -7.39. The Bertz CT molecular complexity index is 2600. The first-order valence-electron chi connectivity index (χ1n) is 24.2. The maximum absolute atomic E-state index is 15.4. The summed E-state index contributed by atoms with van der Waals surface area (Å²) in [5.74, 6) is -6.65. The third-order valence-electron chi connectivity index (χ3n) is 12.2. The number of anilines is 1. The zero-order chi connectivity index (χ0) is 54.3. The summed E-state index contributed by atoms with van der Waals surface area (Å²) in [6.45, 7) is 11.2. The molecule has 4 amide bonds. The van der Waals surface area contributed by atoms with Gasteiger partial charge in [0.2, 0.25) is 23.2 Å². The molecule has 0 radical (unpaired) electrons. The lowest BCUT2D eigenvalue weighted by Crippen LogP contribution is -2.49. The van der Waals surface area contributed by atoms with Crippen molar-refractivity contribution in [2.75, 3.05) is 51.7 Å². The van der Waals surface area contributed by atoms with Crippen LogP contribution < -0.4 is 32.4 Å². The van der Waals surface area contributed by atoms with Gasteiger partial charge in [0.25, 0.3) is 0 Å². The van der Waals surface area contributed by atoms with Gasteiger partial charge in [-0.3, -0.25) is 38.6 Å². The second kappa shape index (κ2) is 26.3. The summed E-state index contributed by atoms with van der Waals surface area (Å²) in [4.78, 5) is 125. The Morgan fingerprint density at radius 3 is 2.11 bits per heavy atom. The standard InChI is InChI=1S/C51H70FN9O12/c1-9-59-28-35(48(69)70)46(67)34-24-36(52)40(26-39(34)59)60-19-21-61(22-20-60)50(71)72-29-32-15-13-31(14-16-32)23-41(62)38(27-55-49(53)54)57-47(68)33(30(2)3)25-42(63)37(17-18-45(66)73-51(4,5)6)56-43(64)11-10-12-44(65)58(7)8/h13-16,24,26,28,30,33,37-38H,9-12,17-23,25,27,29H2,1-8H3,(H,56,64)(H,57,68)(H,69,70)(H4,53,54,55)/t33-,37-,38-/m0/s1. The number of aromatic carboxylic acids is 1. The molecular formula is C51H70FN9O12. The average molecular weight is 1020 g/mol. The Kier molecular flexibility index (Phi) is 21.0. The van der Waals surface area contributed by atoms with Gasteiger partial charge in [-0.1, -0.05) is 38.1 Å². The summed E-state index contributed by atoms with van der Waals surface area (Å²) in [7, 11) is 3.20. The van der Waals surface area contributed by atoms with E-state index >= 15 is 4.39 Å². The van der Waals surface area contributed by atoms with E-state index in [1.54, 1.807) is 89.4 Å². The fourth-order valence-electron chi connectivity index (χ4n) is 8.05. The van der Waals surface area contributed by atoms with Crippen LogP contribution in [0.3, 0.4) is 0 Å². The maximum atomic E-state index is 15.4. The molecule has 22 heteroatoms. The van der Waals surface area contributed by atoms with Gasteiger partial charge >= 0.3 is 18.0 Å². The van der Waals surface area contributed by atoms with Crippen molar-refractivity contribution in [2.45, 2.75) is 117 Å². The van der Waals surface area contributed by atoms with Crippen LogP contribution in [0.4, 0.5) is 14.9 Å². The number of nitrogens with two attached hydrogens (primary N) is 2. The molecule has 21 nitrogen and oxygen atoms in total. The van der Waals surface area contributed by atoms with Crippen LogP contribution in [0.2, 0.25) is 0 Å². The van der Waals surface area contributed by atoms with Gasteiger partial charge in [-0.05, 0) is 69.7 Å². The van der Waals surface area contributed by atoms with E-state index in [1.165, 1.54) is 22.1 Å². The number of hydrogen-bond donors (Lipinski definition) is 5. The molecule has 3 atom stereocenters. The number of rotatable bonds is 24. The van der Waals surface area contributed by atoms with Crippen LogP contribution in [0.5, 0.6) is 0 Å². The number of carboxylic acids is 1. The van der Waals surface area contributed by atoms with E-state index in [0.717, 1.165) is 6.07 Å². The molecule has 1 aliphatic heterocycles. The highest BCUT2D eigenvalue weighted by Gasteiger charge is 2.33. The fourth-order valence-corrected chi connectivity index (χ4v) is 8.05. The predicted octanol–water partition coefficient (Wildman–Crippen LogP) is 3.28. The zero-order valence-electron chi connectivity index (χ0n) is 43.0. The molecule has 0 bridgehead atoms. The largest absolute Gasteiger partial charge is 0.477 e. The number of piperazine rings is 1.